The van der Waals surface area contributed by atoms with Gasteiger partial charge in [-0.2, -0.15) is 5.10 Å². The Morgan fingerprint density at radius 1 is 1.03 bits per heavy atom. The molecule has 8 nitrogen and oxygen atoms in total. The molecule has 1 N–H and O–H groups in total. The second-order valence-corrected chi connectivity index (χ2v) is 7.83. The minimum atomic E-state index is -0.358. The van der Waals surface area contributed by atoms with Crippen LogP contribution in [0, 0.1) is 0 Å². The molecule has 2 heterocycles. The number of rotatable bonds is 5. The Morgan fingerprint density at radius 3 is 2.44 bits per heavy atom. The maximum Gasteiger partial charge on any atom is 0.274 e. The van der Waals surface area contributed by atoms with E-state index in [1.165, 1.54) is 4.68 Å². The van der Waals surface area contributed by atoms with Crippen molar-refractivity contribution >= 4 is 34.9 Å². The highest BCUT2D eigenvalue weighted by molar-refractivity contribution is 6.34. The third-order valence-electron chi connectivity index (χ3n) is 5.45. The number of carbonyl (C=O) groups excluding carboxylic acids is 2. The van der Waals surface area contributed by atoms with E-state index in [0.717, 1.165) is 11.4 Å². The number of aromatic nitrogens is 2. The van der Waals surface area contributed by atoms with E-state index in [1.54, 1.807) is 49.4 Å². The summed E-state index contributed by atoms with van der Waals surface area (Å²) >= 11 is 6.10. The van der Waals surface area contributed by atoms with Gasteiger partial charge in [-0.15, -0.1) is 0 Å². The average molecular weight is 454 g/mol. The van der Waals surface area contributed by atoms with Crippen molar-refractivity contribution in [2.75, 3.05) is 43.5 Å². The summed E-state index contributed by atoms with van der Waals surface area (Å²) in [6.45, 7) is 2.51. The lowest BCUT2D eigenvalue weighted by Crippen LogP contribution is -2.49. The first-order valence-corrected chi connectivity index (χ1v) is 10.6. The van der Waals surface area contributed by atoms with Crippen LogP contribution in [0.3, 0.4) is 0 Å². The van der Waals surface area contributed by atoms with Crippen molar-refractivity contribution in [3.05, 3.63) is 70.9 Å². The van der Waals surface area contributed by atoms with Gasteiger partial charge in [-0.3, -0.25) is 14.3 Å². The van der Waals surface area contributed by atoms with Crippen LogP contribution in [0.5, 0.6) is 5.75 Å². The first-order chi connectivity index (χ1) is 15.5. The van der Waals surface area contributed by atoms with Crippen molar-refractivity contribution in [3.8, 4) is 5.75 Å². The molecule has 166 valence electrons. The third-order valence-corrected chi connectivity index (χ3v) is 5.78. The van der Waals surface area contributed by atoms with Crippen molar-refractivity contribution in [2.45, 2.75) is 0 Å². The van der Waals surface area contributed by atoms with Gasteiger partial charge in [0.05, 0.1) is 23.4 Å². The Morgan fingerprint density at radius 2 is 1.72 bits per heavy atom. The van der Waals surface area contributed by atoms with Gasteiger partial charge in [-0.1, -0.05) is 35.9 Å². The fourth-order valence-corrected chi connectivity index (χ4v) is 3.94. The number of piperazine rings is 1. The Balaban J connectivity index is 1.41. The zero-order valence-corrected chi connectivity index (χ0v) is 18.7. The summed E-state index contributed by atoms with van der Waals surface area (Å²) in [7, 11) is 3.33. The molecule has 3 aromatic rings. The number of methoxy groups -OCH3 is 1. The lowest BCUT2D eigenvalue weighted by atomic mass is 10.2. The van der Waals surface area contributed by atoms with Crippen LogP contribution < -0.4 is 15.0 Å². The zero-order chi connectivity index (χ0) is 22.7. The third kappa shape index (κ3) is 4.40. The second kappa shape index (κ2) is 9.32. The van der Waals surface area contributed by atoms with Crippen LogP contribution in [0.25, 0.3) is 0 Å². The molecule has 0 bridgehead atoms. The van der Waals surface area contributed by atoms with Crippen molar-refractivity contribution < 1.29 is 14.3 Å². The van der Waals surface area contributed by atoms with E-state index in [-0.39, 0.29) is 17.5 Å². The molecule has 1 fully saturated rings. The lowest BCUT2D eigenvalue weighted by molar-refractivity contribution is 0.0739. The fourth-order valence-electron chi connectivity index (χ4n) is 3.72. The second-order valence-electron chi connectivity index (χ2n) is 7.42. The summed E-state index contributed by atoms with van der Waals surface area (Å²) in [5.74, 6) is 0.711. The van der Waals surface area contributed by atoms with Crippen LogP contribution in [-0.4, -0.2) is 59.8 Å². The van der Waals surface area contributed by atoms with Crippen LogP contribution >= 0.6 is 11.6 Å². The van der Waals surface area contributed by atoms with E-state index in [2.05, 4.69) is 15.3 Å². The van der Waals surface area contributed by atoms with E-state index in [9.17, 15) is 9.59 Å². The molecule has 9 heteroatoms. The number of halogens is 1. The first-order valence-electron chi connectivity index (χ1n) is 10.2. The van der Waals surface area contributed by atoms with E-state index in [0.29, 0.717) is 42.6 Å². The number of ether oxygens (including phenoxy) is 1. The molecule has 1 aromatic heterocycles. The smallest absolute Gasteiger partial charge is 0.274 e. The molecule has 1 saturated heterocycles. The molecule has 4 rings (SSSR count). The maximum absolute atomic E-state index is 13.0. The van der Waals surface area contributed by atoms with E-state index >= 15 is 0 Å². The molecule has 0 unspecified atom stereocenters. The largest absolute Gasteiger partial charge is 0.495 e. The predicted octanol–water partition coefficient (Wildman–Crippen LogP) is 3.30. The summed E-state index contributed by atoms with van der Waals surface area (Å²) in [5, 5.41) is 7.43. The van der Waals surface area contributed by atoms with Gasteiger partial charge in [0.15, 0.2) is 5.69 Å². The molecule has 2 amide bonds. The predicted molar refractivity (Wildman–Crippen MR) is 124 cm³/mol. The number of nitrogens with one attached hydrogen (secondary N) is 1. The van der Waals surface area contributed by atoms with Crippen molar-refractivity contribution in [3.63, 3.8) is 0 Å². The summed E-state index contributed by atoms with van der Waals surface area (Å²) in [6, 6.07) is 16.2. The van der Waals surface area contributed by atoms with Gasteiger partial charge >= 0.3 is 0 Å². The molecule has 0 spiro atoms. The number of anilines is 2. The Labute approximate surface area is 191 Å². The van der Waals surface area contributed by atoms with Crippen molar-refractivity contribution in [2.24, 2.45) is 7.05 Å². The number of benzene rings is 2. The Kier molecular flexibility index (Phi) is 6.32. The molecular weight excluding hydrogens is 430 g/mol. The highest BCUT2D eigenvalue weighted by Crippen LogP contribution is 2.28. The molecule has 0 aliphatic carbocycles. The molecule has 1 aliphatic rings. The van der Waals surface area contributed by atoms with Gasteiger partial charge in [0, 0.05) is 39.3 Å². The summed E-state index contributed by atoms with van der Waals surface area (Å²) in [5.41, 5.74) is 1.66. The van der Waals surface area contributed by atoms with Gasteiger partial charge in [0.25, 0.3) is 11.8 Å². The molecule has 0 atom stereocenters. The van der Waals surface area contributed by atoms with Crippen LogP contribution in [0.4, 0.5) is 11.5 Å². The Bertz CT molecular complexity index is 1140. The molecule has 32 heavy (non-hydrogen) atoms. The van der Waals surface area contributed by atoms with Crippen molar-refractivity contribution in [1.29, 1.82) is 0 Å². The van der Waals surface area contributed by atoms with E-state index < -0.39 is 0 Å². The molecule has 1 aliphatic heterocycles. The summed E-state index contributed by atoms with van der Waals surface area (Å²) < 4.78 is 6.93. The van der Waals surface area contributed by atoms with Gasteiger partial charge in [-0.05, 0) is 24.3 Å². The number of para-hydroxylation sites is 2. The quantitative estimate of drug-likeness (QED) is 0.641. The molecule has 0 saturated carbocycles. The summed E-state index contributed by atoms with van der Waals surface area (Å²) in [6.07, 6.45) is 0. The van der Waals surface area contributed by atoms with Gasteiger partial charge in [-0.25, -0.2) is 0 Å². The van der Waals surface area contributed by atoms with Gasteiger partial charge < -0.3 is 19.9 Å². The minimum Gasteiger partial charge on any atom is -0.495 e. The van der Waals surface area contributed by atoms with Crippen LogP contribution in [0.15, 0.2) is 54.6 Å². The maximum atomic E-state index is 13.0. The standard InChI is InChI=1S/C23H24ClN5O3/c1-27-21(25-22(30)16-7-3-4-8-17(16)24)15-18(26-27)23(31)29-13-11-28(12-14-29)19-9-5-6-10-20(19)32-2/h3-10,15H,11-14H2,1-2H3,(H,25,30). The average Bonchev–Trinajstić information content (AvgIpc) is 3.18. The normalized spacial score (nSPS) is 13.7. The highest BCUT2D eigenvalue weighted by Gasteiger charge is 2.26. The molecule has 0 radical (unpaired) electrons. The van der Waals surface area contributed by atoms with Gasteiger partial charge in [0.2, 0.25) is 0 Å². The highest BCUT2D eigenvalue weighted by atomic mass is 35.5. The van der Waals surface area contributed by atoms with Crippen LogP contribution in [-0.2, 0) is 7.05 Å². The number of nitrogens with zero attached hydrogens (tertiary/aromatic N) is 4. The number of hydrogen-bond acceptors (Lipinski definition) is 5. The number of hydrogen-bond donors (Lipinski definition) is 1. The number of aryl methyl sites for hydroxylation is 1. The monoisotopic (exact) mass is 453 g/mol. The zero-order valence-electron chi connectivity index (χ0n) is 17.9. The van der Waals surface area contributed by atoms with E-state index in [1.807, 2.05) is 24.3 Å². The SMILES string of the molecule is COc1ccccc1N1CCN(C(=O)c2cc(NC(=O)c3ccccc3Cl)n(C)n2)CC1. The topological polar surface area (TPSA) is 79.7 Å². The summed E-state index contributed by atoms with van der Waals surface area (Å²) in [4.78, 5) is 29.5. The first kappa shape index (κ1) is 21.7. The lowest BCUT2D eigenvalue weighted by Gasteiger charge is -2.36. The van der Waals surface area contributed by atoms with Crippen molar-refractivity contribution in [1.82, 2.24) is 14.7 Å². The molecular formula is C23H24ClN5O3. The molecule has 2 aromatic carbocycles. The number of carbonyl (C=O) groups is 2. The minimum absolute atomic E-state index is 0.168. The number of amides is 2. The van der Waals surface area contributed by atoms with E-state index in [4.69, 9.17) is 16.3 Å². The fraction of sp³-hybridized carbons (Fsp3) is 0.261. The van der Waals surface area contributed by atoms with Crippen LogP contribution in [0.2, 0.25) is 5.02 Å². The van der Waals surface area contributed by atoms with Gasteiger partial charge in [0.1, 0.15) is 11.6 Å². The van der Waals surface area contributed by atoms with Crippen LogP contribution in [0.1, 0.15) is 20.8 Å². The Hall–Kier alpha value is -3.52.